The van der Waals surface area contributed by atoms with E-state index in [-0.39, 0.29) is 12.0 Å². The maximum Gasteiger partial charge on any atom is 0.335 e. The third kappa shape index (κ3) is 6.43. The van der Waals surface area contributed by atoms with E-state index in [1.54, 1.807) is 14.2 Å². The molecule has 1 saturated heterocycles. The number of methoxy groups -OCH3 is 2. The van der Waals surface area contributed by atoms with Gasteiger partial charge in [0.05, 0.1) is 14.2 Å². The van der Waals surface area contributed by atoms with Gasteiger partial charge in [0, 0.05) is 31.5 Å². The number of carboxylic acid groups (broad SMARTS) is 2. The first kappa shape index (κ1) is 26.6. The molecule has 1 aromatic rings. The predicted molar refractivity (Wildman–Crippen MR) is 117 cm³/mol. The standard InChI is InChI=1S/C19H27NO3.C4H6O6/c1-12(2)7-14-11-20-6-5-13-8-18(22-3)19(23-4)9-15(13)16(20)10-17(14)21;5-1(3(7)8)2(6)4(9)10/h8-9,12,14,16H,5-7,10-11H2,1-4H3;1-2,5-6H,(H,7,8)(H,9,10)/t14-,16-;/m1./s1. The molecule has 0 aliphatic carbocycles. The zero-order chi connectivity index (χ0) is 24.9. The molecule has 0 saturated carbocycles. The molecule has 2 unspecified atom stereocenters. The molecule has 0 amide bonds. The molecule has 2 heterocycles. The van der Waals surface area contributed by atoms with Crippen LogP contribution in [0.2, 0.25) is 0 Å². The SMILES string of the molecule is COc1cc2c(cc1OC)[C@H]1CC(=O)[C@H](CC(C)C)CN1CC2.O=C(O)C(O)C(O)C(=O)O. The van der Waals surface area contributed by atoms with E-state index in [2.05, 4.69) is 30.9 Å². The molecular formula is C23H33NO9. The van der Waals surface area contributed by atoms with Crippen LogP contribution in [-0.2, 0) is 20.8 Å². The highest BCUT2D eigenvalue weighted by atomic mass is 16.5. The summed E-state index contributed by atoms with van der Waals surface area (Å²) >= 11 is 0. The van der Waals surface area contributed by atoms with E-state index < -0.39 is 24.1 Å². The summed E-state index contributed by atoms with van der Waals surface area (Å²) in [5.41, 5.74) is 2.53. The minimum atomic E-state index is -2.27. The largest absolute Gasteiger partial charge is 0.493 e. The van der Waals surface area contributed by atoms with Crippen LogP contribution < -0.4 is 9.47 Å². The second kappa shape index (κ2) is 11.4. The number of rotatable bonds is 7. The smallest absolute Gasteiger partial charge is 0.335 e. The van der Waals surface area contributed by atoms with Gasteiger partial charge in [-0.05, 0) is 42.0 Å². The molecule has 1 aromatic carbocycles. The third-order valence-electron chi connectivity index (χ3n) is 5.98. The molecule has 10 heteroatoms. The van der Waals surface area contributed by atoms with Gasteiger partial charge in [-0.1, -0.05) is 13.8 Å². The second-order valence-electron chi connectivity index (χ2n) is 8.73. The molecule has 2 aliphatic heterocycles. The minimum absolute atomic E-state index is 0.202. The Morgan fingerprint density at radius 1 is 1.06 bits per heavy atom. The fourth-order valence-electron chi connectivity index (χ4n) is 4.32. The second-order valence-corrected chi connectivity index (χ2v) is 8.73. The summed E-state index contributed by atoms with van der Waals surface area (Å²) in [6.45, 7) is 6.31. The molecule has 184 valence electrons. The van der Waals surface area contributed by atoms with Gasteiger partial charge in [-0.3, -0.25) is 9.69 Å². The van der Waals surface area contributed by atoms with Gasteiger partial charge >= 0.3 is 11.9 Å². The number of aliphatic carboxylic acids is 2. The van der Waals surface area contributed by atoms with E-state index in [1.165, 1.54) is 11.1 Å². The molecule has 1 fully saturated rings. The highest BCUT2D eigenvalue weighted by molar-refractivity contribution is 5.83. The van der Waals surface area contributed by atoms with Crippen LogP contribution in [0.15, 0.2) is 12.1 Å². The van der Waals surface area contributed by atoms with Crippen LogP contribution in [0.4, 0.5) is 0 Å². The number of nitrogens with zero attached hydrogens (tertiary/aromatic N) is 1. The first-order valence-corrected chi connectivity index (χ1v) is 10.8. The number of fused-ring (bicyclic) bond motifs is 3. The van der Waals surface area contributed by atoms with Crippen molar-refractivity contribution in [2.45, 2.75) is 51.4 Å². The first-order valence-electron chi connectivity index (χ1n) is 10.8. The molecule has 3 rings (SSSR count). The zero-order valence-corrected chi connectivity index (χ0v) is 19.4. The van der Waals surface area contributed by atoms with Crippen molar-refractivity contribution >= 4 is 17.7 Å². The van der Waals surface area contributed by atoms with Crippen LogP contribution in [-0.4, -0.2) is 82.6 Å². The summed E-state index contributed by atoms with van der Waals surface area (Å²) in [4.78, 5) is 34.6. The van der Waals surface area contributed by atoms with Crippen LogP contribution in [0.3, 0.4) is 0 Å². The van der Waals surface area contributed by atoms with E-state index in [1.807, 2.05) is 0 Å². The third-order valence-corrected chi connectivity index (χ3v) is 5.98. The summed E-state index contributed by atoms with van der Waals surface area (Å²) < 4.78 is 10.9. The van der Waals surface area contributed by atoms with Crippen molar-refractivity contribution in [3.8, 4) is 11.5 Å². The Labute approximate surface area is 192 Å². The van der Waals surface area contributed by atoms with Crippen LogP contribution in [0.25, 0.3) is 0 Å². The van der Waals surface area contributed by atoms with E-state index in [0.717, 1.165) is 37.4 Å². The lowest BCUT2D eigenvalue weighted by atomic mass is 9.80. The first-order chi connectivity index (χ1) is 15.5. The van der Waals surface area contributed by atoms with Gasteiger partial charge in [-0.15, -0.1) is 0 Å². The quantitative estimate of drug-likeness (QED) is 0.458. The van der Waals surface area contributed by atoms with Gasteiger partial charge in [0.1, 0.15) is 5.78 Å². The average molecular weight is 468 g/mol. The normalized spacial score (nSPS) is 21.7. The molecule has 4 atom stereocenters. The number of carbonyl (C=O) groups excluding carboxylic acids is 1. The molecule has 0 aromatic heterocycles. The van der Waals surface area contributed by atoms with Gasteiger partial charge in [-0.2, -0.15) is 0 Å². The van der Waals surface area contributed by atoms with E-state index in [4.69, 9.17) is 29.9 Å². The number of carboxylic acids is 2. The number of Topliss-reactive ketones (excluding diaryl/α,β-unsaturated/α-hetero) is 1. The number of ketones is 1. The molecule has 10 nitrogen and oxygen atoms in total. The Balaban J connectivity index is 0.000000328. The Morgan fingerprint density at radius 2 is 1.61 bits per heavy atom. The molecule has 2 aliphatic rings. The van der Waals surface area contributed by atoms with E-state index in [0.29, 0.717) is 18.1 Å². The zero-order valence-electron chi connectivity index (χ0n) is 19.4. The van der Waals surface area contributed by atoms with Crippen molar-refractivity contribution in [2.75, 3.05) is 27.3 Å². The Bertz CT molecular complexity index is 852. The van der Waals surface area contributed by atoms with Crippen LogP contribution in [0.5, 0.6) is 11.5 Å². The van der Waals surface area contributed by atoms with Gasteiger partial charge < -0.3 is 29.9 Å². The number of aliphatic hydroxyl groups is 2. The monoisotopic (exact) mass is 467 g/mol. The maximum absolute atomic E-state index is 12.6. The van der Waals surface area contributed by atoms with Gasteiger partial charge in [0.2, 0.25) is 0 Å². The highest BCUT2D eigenvalue weighted by Gasteiger charge is 2.38. The molecule has 4 N–H and O–H groups in total. The fourth-order valence-corrected chi connectivity index (χ4v) is 4.32. The highest BCUT2D eigenvalue weighted by Crippen LogP contribution is 2.42. The summed E-state index contributed by atoms with van der Waals surface area (Å²) in [6.07, 6.45) is -1.90. The number of ether oxygens (including phenoxy) is 2. The van der Waals surface area contributed by atoms with E-state index in [9.17, 15) is 14.4 Å². The van der Waals surface area contributed by atoms with Crippen molar-refractivity contribution in [3.63, 3.8) is 0 Å². The summed E-state index contributed by atoms with van der Waals surface area (Å²) in [7, 11) is 3.33. The van der Waals surface area contributed by atoms with Crippen LogP contribution >= 0.6 is 0 Å². The van der Waals surface area contributed by atoms with E-state index >= 15 is 0 Å². The fraction of sp³-hybridized carbons (Fsp3) is 0.609. The number of aliphatic hydroxyl groups excluding tert-OH is 2. The Hall–Kier alpha value is -2.69. The van der Waals surface area contributed by atoms with Gasteiger partial charge in [-0.25, -0.2) is 9.59 Å². The number of hydrogen-bond donors (Lipinski definition) is 4. The summed E-state index contributed by atoms with van der Waals surface area (Å²) in [5.74, 6) is -0.813. The molecule has 0 spiro atoms. The van der Waals surface area contributed by atoms with Crippen LogP contribution in [0.1, 0.15) is 43.9 Å². The summed E-state index contributed by atoms with van der Waals surface area (Å²) in [5, 5.41) is 32.5. The van der Waals surface area contributed by atoms with Crippen LogP contribution in [0, 0.1) is 11.8 Å². The molecule has 0 radical (unpaired) electrons. The molecule has 0 bridgehead atoms. The number of carbonyl (C=O) groups is 3. The predicted octanol–water partition coefficient (Wildman–Crippen LogP) is 1.12. The molecule has 33 heavy (non-hydrogen) atoms. The van der Waals surface area contributed by atoms with Gasteiger partial charge in [0.15, 0.2) is 23.7 Å². The lowest BCUT2D eigenvalue weighted by molar-refractivity contribution is -0.165. The van der Waals surface area contributed by atoms with Crippen molar-refractivity contribution in [1.29, 1.82) is 0 Å². The van der Waals surface area contributed by atoms with Crippen molar-refractivity contribution in [2.24, 2.45) is 11.8 Å². The molecular weight excluding hydrogens is 434 g/mol. The average Bonchev–Trinajstić information content (AvgIpc) is 2.77. The van der Waals surface area contributed by atoms with Crippen molar-refractivity contribution in [1.82, 2.24) is 4.90 Å². The van der Waals surface area contributed by atoms with Crippen molar-refractivity contribution < 1.29 is 44.3 Å². The number of hydrogen-bond acceptors (Lipinski definition) is 8. The topological polar surface area (TPSA) is 154 Å². The van der Waals surface area contributed by atoms with Gasteiger partial charge in [0.25, 0.3) is 0 Å². The lowest BCUT2D eigenvalue weighted by Gasteiger charge is -2.43. The van der Waals surface area contributed by atoms with Crippen molar-refractivity contribution in [3.05, 3.63) is 23.3 Å². The minimum Gasteiger partial charge on any atom is -0.493 e. The summed E-state index contributed by atoms with van der Waals surface area (Å²) in [6, 6.07) is 4.35. The Kier molecular flexibility index (Phi) is 9.21. The number of piperidine rings is 1. The number of benzene rings is 1. The Morgan fingerprint density at radius 3 is 2.09 bits per heavy atom. The lowest BCUT2D eigenvalue weighted by Crippen LogP contribution is -2.46. The maximum atomic E-state index is 12.6.